The van der Waals surface area contributed by atoms with Crippen LogP contribution in [0, 0.1) is 10.7 Å². The molecule has 180 valence electrons. The number of rotatable bonds is 10. The molecule has 0 aliphatic carbocycles. The molecule has 0 spiro atoms. The van der Waals surface area contributed by atoms with Gasteiger partial charge in [-0.15, -0.1) is 0 Å². The lowest BCUT2D eigenvalue weighted by Crippen LogP contribution is -2.39. The van der Waals surface area contributed by atoms with E-state index < -0.39 is 37.2 Å². The average Bonchev–Trinajstić information content (AvgIpc) is 2.75. The quantitative estimate of drug-likeness (QED) is 0.219. The van der Waals surface area contributed by atoms with E-state index in [1.54, 1.807) is 6.92 Å². The highest BCUT2D eigenvalue weighted by Gasteiger charge is 2.31. The second-order valence-corrected chi connectivity index (χ2v) is 10.2. The van der Waals surface area contributed by atoms with Crippen molar-refractivity contribution < 1.29 is 34.8 Å². The molecule has 0 saturated carbocycles. The van der Waals surface area contributed by atoms with Gasteiger partial charge in [-0.25, -0.2) is 0 Å². The number of amides is 3. The second-order valence-electron chi connectivity index (χ2n) is 7.01. The maximum absolute atomic E-state index is 13.2. The van der Waals surface area contributed by atoms with Crippen LogP contribution in [0.2, 0.25) is 0 Å². The van der Waals surface area contributed by atoms with Gasteiger partial charge in [0.2, 0.25) is 5.91 Å². The number of carbonyl (C=O) groups excluding carboxylic acids is 3. The number of hydrogen-bond donors (Lipinski definition) is 5. The fourth-order valence-electron chi connectivity index (χ4n) is 2.67. The van der Waals surface area contributed by atoms with Gasteiger partial charge in [0.05, 0.1) is 49.4 Å². The number of carbonyl (C=O) groups is 3. The Hall–Kier alpha value is -0.340. The molecule has 0 saturated heterocycles. The summed E-state index contributed by atoms with van der Waals surface area (Å²) in [6.45, 7) is 0.385. The Morgan fingerprint density at radius 2 is 1.22 bits per heavy atom. The molecule has 0 aliphatic rings. The Balaban J connectivity index is 3.67. The summed E-state index contributed by atoms with van der Waals surface area (Å²) in [5, 5.41) is 40.4. The predicted molar refractivity (Wildman–Crippen MR) is 144 cm³/mol. The molecule has 5 N–H and O–H groups in total. The van der Waals surface area contributed by atoms with Gasteiger partial charge >= 0.3 is 0 Å². The minimum atomic E-state index is -1.13. The van der Waals surface area contributed by atoms with Gasteiger partial charge in [0.15, 0.2) is 0 Å². The Kier molecular flexibility index (Phi) is 12.5. The lowest BCUT2D eigenvalue weighted by atomic mass is 10.1. The lowest BCUT2D eigenvalue weighted by Gasteiger charge is -2.26. The molecule has 0 radical (unpaired) electrons. The Bertz CT molecular complexity index is 812. The molecule has 1 aromatic rings. The number of halogens is 3. The van der Waals surface area contributed by atoms with Gasteiger partial charge in [0.25, 0.3) is 11.8 Å². The normalized spacial score (nSPS) is 12.8. The number of anilines is 1. The van der Waals surface area contributed by atoms with Crippen LogP contribution in [-0.2, 0) is 4.79 Å². The van der Waals surface area contributed by atoms with Crippen molar-refractivity contribution in [3.05, 3.63) is 21.8 Å². The molecule has 0 bridgehead atoms. The van der Waals surface area contributed by atoms with Crippen molar-refractivity contribution in [3.63, 3.8) is 0 Å². The molecular formula is C19H26I3N3O7. The van der Waals surface area contributed by atoms with Crippen LogP contribution in [0.1, 0.15) is 34.1 Å². The number of aliphatic hydroxyl groups is 4. The molecule has 0 aromatic heterocycles. The zero-order valence-corrected chi connectivity index (χ0v) is 24.2. The summed E-state index contributed by atoms with van der Waals surface area (Å²) in [6, 6.07) is 0. The molecule has 10 nitrogen and oxygen atoms in total. The number of hydrogen-bond acceptors (Lipinski definition) is 7. The molecule has 0 fully saturated rings. The Morgan fingerprint density at radius 3 is 1.53 bits per heavy atom. The molecule has 2 atom stereocenters. The van der Waals surface area contributed by atoms with Crippen molar-refractivity contribution >= 4 is 91.2 Å². The van der Waals surface area contributed by atoms with E-state index in [1.165, 1.54) is 23.9 Å². The molecule has 1 rings (SSSR count). The van der Waals surface area contributed by atoms with Crippen molar-refractivity contribution in [1.82, 2.24) is 9.80 Å². The molecule has 3 amide bonds. The molecule has 2 unspecified atom stereocenters. The zero-order chi connectivity index (χ0) is 24.7. The van der Waals surface area contributed by atoms with Gasteiger partial charge in [-0.05, 0) is 67.8 Å². The first-order chi connectivity index (χ1) is 14.9. The van der Waals surface area contributed by atoms with Gasteiger partial charge in [-0.3, -0.25) is 14.4 Å². The van der Waals surface area contributed by atoms with Gasteiger partial charge < -0.3 is 35.5 Å². The summed E-state index contributed by atoms with van der Waals surface area (Å²) in [5.74, 6) is -1.30. The summed E-state index contributed by atoms with van der Waals surface area (Å²) in [5.41, 5.74) is 0.660. The summed E-state index contributed by atoms with van der Waals surface area (Å²) < 4.78 is 1.21. The third kappa shape index (κ3) is 7.33. The van der Waals surface area contributed by atoms with Crippen LogP contribution in [0.4, 0.5) is 5.69 Å². The Labute approximate surface area is 227 Å². The van der Waals surface area contributed by atoms with Gasteiger partial charge in [0.1, 0.15) is 0 Å². The fraction of sp³-hybridized carbons (Fsp3) is 0.526. The van der Waals surface area contributed by atoms with Crippen LogP contribution in [0.25, 0.3) is 0 Å². The van der Waals surface area contributed by atoms with E-state index in [0.717, 1.165) is 0 Å². The van der Waals surface area contributed by atoms with Crippen molar-refractivity contribution in [3.8, 4) is 0 Å². The van der Waals surface area contributed by atoms with Gasteiger partial charge in [-0.1, -0.05) is 6.92 Å². The largest absolute Gasteiger partial charge is 0.394 e. The summed E-state index contributed by atoms with van der Waals surface area (Å²) in [7, 11) is 2.92. The van der Waals surface area contributed by atoms with E-state index in [-0.39, 0.29) is 36.5 Å². The van der Waals surface area contributed by atoms with Gasteiger partial charge in [-0.2, -0.15) is 0 Å². The molecule has 1 aromatic carbocycles. The SMILES string of the molecule is CCC(=O)Nc1c(I)c(C(=O)N(C)CC(O)CO)c(I)c(C(=O)N(C)CC(O)CO)c1I. The van der Waals surface area contributed by atoms with E-state index in [2.05, 4.69) is 5.32 Å². The highest BCUT2D eigenvalue weighted by atomic mass is 127. The number of nitrogens with one attached hydrogen (secondary N) is 1. The maximum atomic E-state index is 13.2. The minimum Gasteiger partial charge on any atom is -0.394 e. The molecule has 13 heteroatoms. The first kappa shape index (κ1) is 29.7. The van der Waals surface area contributed by atoms with Crippen LogP contribution in [0.15, 0.2) is 0 Å². The van der Waals surface area contributed by atoms with Crippen LogP contribution in [0.3, 0.4) is 0 Å². The van der Waals surface area contributed by atoms with Crippen molar-refractivity contribution in [2.75, 3.05) is 45.7 Å². The minimum absolute atomic E-state index is 0.129. The van der Waals surface area contributed by atoms with Crippen molar-refractivity contribution in [1.29, 1.82) is 0 Å². The summed E-state index contributed by atoms with van der Waals surface area (Å²) >= 11 is 5.76. The molecular weight excluding hydrogens is 763 g/mol. The van der Waals surface area contributed by atoms with Gasteiger partial charge in [0, 0.05) is 37.2 Å². The average molecular weight is 789 g/mol. The monoisotopic (exact) mass is 789 g/mol. The number of aliphatic hydroxyl groups excluding tert-OH is 4. The van der Waals surface area contributed by atoms with Crippen molar-refractivity contribution in [2.24, 2.45) is 0 Å². The molecule has 32 heavy (non-hydrogen) atoms. The summed E-state index contributed by atoms with van der Waals surface area (Å²) in [6.07, 6.45) is -2.07. The van der Waals surface area contributed by atoms with E-state index in [0.29, 0.717) is 16.4 Å². The molecule has 0 heterocycles. The maximum Gasteiger partial charge on any atom is 0.255 e. The predicted octanol–water partition coefficient (Wildman–Crippen LogP) is 0.699. The molecule has 0 aliphatic heterocycles. The van der Waals surface area contributed by atoms with E-state index in [4.69, 9.17) is 10.2 Å². The van der Waals surface area contributed by atoms with E-state index >= 15 is 0 Å². The third-order valence-corrected chi connectivity index (χ3v) is 7.65. The highest BCUT2D eigenvalue weighted by Crippen LogP contribution is 2.37. The number of nitrogens with zero attached hydrogens (tertiary/aromatic N) is 2. The van der Waals surface area contributed by atoms with E-state index in [1.807, 2.05) is 67.8 Å². The van der Waals surface area contributed by atoms with Crippen LogP contribution in [-0.4, -0.2) is 101 Å². The van der Waals surface area contributed by atoms with Crippen LogP contribution >= 0.6 is 67.8 Å². The standard InChI is InChI=1S/C19H26I3N3O7/c1-4-11(30)23-17-15(21)12(18(31)24(2)5-9(28)7-26)14(20)13(16(17)22)19(32)25(3)6-10(29)8-27/h9-10,26-29H,4-8H2,1-3H3,(H,23,30). The zero-order valence-electron chi connectivity index (χ0n) is 17.7. The fourth-order valence-corrected chi connectivity index (χ4v) is 7.03. The van der Waals surface area contributed by atoms with Crippen molar-refractivity contribution in [2.45, 2.75) is 25.6 Å². The summed E-state index contributed by atoms with van der Waals surface area (Å²) in [4.78, 5) is 41.1. The van der Waals surface area contributed by atoms with E-state index in [9.17, 15) is 24.6 Å². The number of benzene rings is 1. The van der Waals surface area contributed by atoms with Crippen LogP contribution in [0.5, 0.6) is 0 Å². The second kappa shape index (κ2) is 13.5. The first-order valence-electron chi connectivity index (χ1n) is 9.50. The first-order valence-corrected chi connectivity index (χ1v) is 12.7. The smallest absolute Gasteiger partial charge is 0.255 e. The number of likely N-dealkylation sites (N-methyl/N-ethyl adjacent to an activating group) is 2. The topological polar surface area (TPSA) is 151 Å². The van der Waals surface area contributed by atoms with Crippen LogP contribution < -0.4 is 5.32 Å². The Morgan fingerprint density at radius 1 is 0.844 bits per heavy atom. The highest BCUT2D eigenvalue weighted by molar-refractivity contribution is 14.1. The lowest BCUT2D eigenvalue weighted by molar-refractivity contribution is -0.115. The third-order valence-electron chi connectivity index (χ3n) is 4.41.